The van der Waals surface area contributed by atoms with Crippen LogP contribution in [0.2, 0.25) is 5.02 Å². The molecule has 0 saturated heterocycles. The number of amides is 2. The molecule has 2 aromatic heterocycles. The van der Waals surface area contributed by atoms with Crippen LogP contribution in [0.1, 0.15) is 28.9 Å². The summed E-state index contributed by atoms with van der Waals surface area (Å²) in [4.78, 5) is 31.6. The summed E-state index contributed by atoms with van der Waals surface area (Å²) in [6.07, 6.45) is 6.20. The molecule has 2 aromatic carbocycles. The monoisotopic (exact) mass is 537 g/mol. The maximum Gasteiger partial charge on any atom is 0.269 e. The van der Waals surface area contributed by atoms with Crippen LogP contribution in [-0.4, -0.2) is 63.6 Å². The predicted molar refractivity (Wildman–Crippen MR) is 143 cm³/mol. The summed E-state index contributed by atoms with van der Waals surface area (Å²) in [5, 5.41) is 4.83. The Bertz CT molecular complexity index is 1560. The number of rotatable bonds is 6. The Morgan fingerprint density at radius 2 is 1.95 bits per heavy atom. The van der Waals surface area contributed by atoms with Gasteiger partial charge < -0.3 is 14.8 Å². The number of H-pyrrole nitrogens is 1. The minimum atomic E-state index is -0.550. The van der Waals surface area contributed by atoms with Crippen molar-refractivity contribution in [2.24, 2.45) is 0 Å². The highest BCUT2D eigenvalue weighted by molar-refractivity contribution is 6.33. The van der Waals surface area contributed by atoms with Gasteiger partial charge in [-0.2, -0.15) is 5.10 Å². The number of aryl methyl sites for hydroxylation is 1. The Kier molecular flexibility index (Phi) is 7.03. The van der Waals surface area contributed by atoms with Gasteiger partial charge in [-0.05, 0) is 54.0 Å². The van der Waals surface area contributed by atoms with Crippen molar-refractivity contribution in [3.05, 3.63) is 82.8 Å². The maximum absolute atomic E-state index is 16.1. The molecule has 2 amide bonds. The fourth-order valence-electron chi connectivity index (χ4n) is 4.73. The van der Waals surface area contributed by atoms with Crippen molar-refractivity contribution in [2.45, 2.75) is 19.4 Å². The zero-order valence-electron chi connectivity index (χ0n) is 21.0. The molecule has 0 bridgehead atoms. The molecule has 0 saturated carbocycles. The van der Waals surface area contributed by atoms with E-state index in [0.717, 1.165) is 0 Å². The van der Waals surface area contributed by atoms with Crippen LogP contribution in [0.5, 0.6) is 0 Å². The number of aromatic nitrogens is 3. The van der Waals surface area contributed by atoms with E-state index < -0.39 is 11.6 Å². The molecule has 0 unspecified atom stereocenters. The molecule has 5 rings (SSSR count). The second kappa shape index (κ2) is 10.4. The largest absolute Gasteiger partial charge is 0.348 e. The summed E-state index contributed by atoms with van der Waals surface area (Å²) in [6.45, 7) is 1.20. The summed E-state index contributed by atoms with van der Waals surface area (Å²) in [7, 11) is 3.20. The van der Waals surface area contributed by atoms with E-state index in [1.807, 2.05) is 6.08 Å². The molecule has 7 nitrogen and oxygen atoms in total. The normalized spacial score (nSPS) is 13.6. The second-order valence-corrected chi connectivity index (χ2v) is 9.84. The number of carbonyl (C=O) groups excluding carboxylic acids is 2. The Labute approximate surface area is 223 Å². The zero-order valence-corrected chi connectivity index (χ0v) is 21.7. The molecule has 4 aromatic rings. The molecule has 3 heterocycles. The van der Waals surface area contributed by atoms with Gasteiger partial charge in [0.1, 0.15) is 11.5 Å². The molecule has 0 radical (unpaired) electrons. The molecule has 38 heavy (non-hydrogen) atoms. The van der Waals surface area contributed by atoms with Crippen LogP contribution in [0.25, 0.3) is 27.6 Å². The van der Waals surface area contributed by atoms with Gasteiger partial charge in [-0.25, -0.2) is 8.78 Å². The molecule has 10 heteroatoms. The fourth-order valence-corrected chi connectivity index (χ4v) is 4.95. The number of hydrogen-bond acceptors (Lipinski definition) is 3. The van der Waals surface area contributed by atoms with E-state index >= 15 is 4.39 Å². The van der Waals surface area contributed by atoms with Crippen LogP contribution >= 0.6 is 11.6 Å². The van der Waals surface area contributed by atoms with Gasteiger partial charge in [-0.1, -0.05) is 17.7 Å². The average Bonchev–Trinajstić information content (AvgIpc) is 3.59. The fraction of sp³-hybridized carbons (Fsp3) is 0.250. The van der Waals surface area contributed by atoms with Crippen LogP contribution in [0.15, 0.2) is 54.9 Å². The smallest absolute Gasteiger partial charge is 0.269 e. The molecule has 196 valence electrons. The molecule has 1 aliphatic rings. The van der Waals surface area contributed by atoms with Gasteiger partial charge in [0.25, 0.3) is 5.91 Å². The number of nitrogens with zero attached hydrogens (tertiary/aromatic N) is 4. The molecule has 0 atom stereocenters. The highest BCUT2D eigenvalue weighted by atomic mass is 35.5. The quantitative estimate of drug-likeness (QED) is 0.359. The van der Waals surface area contributed by atoms with Crippen LogP contribution in [-0.2, 0) is 11.3 Å². The molecule has 1 aliphatic heterocycles. The van der Waals surface area contributed by atoms with Gasteiger partial charge in [0.15, 0.2) is 5.82 Å². The molecule has 0 aliphatic carbocycles. The van der Waals surface area contributed by atoms with Gasteiger partial charge in [-0.15, -0.1) is 0 Å². The van der Waals surface area contributed by atoms with Gasteiger partial charge in [0.05, 0.1) is 5.52 Å². The van der Waals surface area contributed by atoms with E-state index in [1.54, 1.807) is 54.3 Å². The summed E-state index contributed by atoms with van der Waals surface area (Å²) >= 11 is 6.45. The van der Waals surface area contributed by atoms with Gasteiger partial charge in [0.2, 0.25) is 5.91 Å². The molecule has 1 N–H and O–H groups in total. The van der Waals surface area contributed by atoms with E-state index in [4.69, 9.17) is 11.6 Å². The number of aromatic amines is 1. The Morgan fingerprint density at radius 3 is 2.68 bits per heavy atom. The Morgan fingerprint density at radius 1 is 1.13 bits per heavy atom. The molecular formula is C28H26ClF2N5O2. The van der Waals surface area contributed by atoms with Crippen molar-refractivity contribution in [1.82, 2.24) is 24.6 Å². The number of benzene rings is 2. The number of hydrogen-bond donors (Lipinski definition) is 1. The summed E-state index contributed by atoms with van der Waals surface area (Å²) < 4.78 is 32.0. The van der Waals surface area contributed by atoms with E-state index in [9.17, 15) is 14.0 Å². The first-order chi connectivity index (χ1) is 18.2. The third-order valence-electron chi connectivity index (χ3n) is 6.67. The summed E-state index contributed by atoms with van der Waals surface area (Å²) in [6, 6.07) is 8.97. The van der Waals surface area contributed by atoms with Crippen LogP contribution in [0, 0.1) is 11.6 Å². The first-order valence-electron chi connectivity index (χ1n) is 12.2. The Hall–Kier alpha value is -3.98. The number of carbonyl (C=O) groups is 2. The predicted octanol–water partition coefficient (Wildman–Crippen LogP) is 5.37. The lowest BCUT2D eigenvalue weighted by Gasteiger charge is -2.28. The van der Waals surface area contributed by atoms with Crippen molar-refractivity contribution >= 4 is 39.9 Å². The van der Waals surface area contributed by atoms with Crippen LogP contribution in [0.4, 0.5) is 8.78 Å². The van der Waals surface area contributed by atoms with Crippen molar-refractivity contribution < 1.29 is 18.4 Å². The van der Waals surface area contributed by atoms with Crippen molar-refractivity contribution in [3.63, 3.8) is 0 Å². The standard InChI is InChI=1S/C28H26ClF2N5O2/c1-34(2)28(38)24-15-22-20(21-13-18(30)6-7-23(21)29)14-19(26(31)27(22)33-24)17-5-3-10-35(16-17)25(37)8-12-36-11-4-9-32-36/h4-7,9,11,13-15,33H,3,8,10,12,16H2,1-2H3. The van der Waals surface area contributed by atoms with E-state index in [2.05, 4.69) is 10.1 Å². The lowest BCUT2D eigenvalue weighted by Crippen LogP contribution is -2.36. The topological polar surface area (TPSA) is 74.2 Å². The van der Waals surface area contributed by atoms with E-state index in [1.165, 1.54) is 23.1 Å². The number of halogens is 3. The van der Waals surface area contributed by atoms with Crippen LogP contribution < -0.4 is 0 Å². The SMILES string of the molecule is CN(C)C(=O)c1cc2c(-c3cc(F)ccc3Cl)cc(C3=CCCN(C(=O)CCn4cccn4)C3)c(F)c2[nH]1. The zero-order chi connectivity index (χ0) is 27.0. The van der Waals surface area contributed by atoms with Gasteiger partial charge >= 0.3 is 0 Å². The van der Waals surface area contributed by atoms with Crippen molar-refractivity contribution in [2.75, 3.05) is 27.2 Å². The molecular weight excluding hydrogens is 512 g/mol. The van der Waals surface area contributed by atoms with E-state index in [-0.39, 0.29) is 41.6 Å². The first kappa shape index (κ1) is 25.7. The minimum absolute atomic E-state index is 0.0558. The highest BCUT2D eigenvalue weighted by Crippen LogP contribution is 2.39. The highest BCUT2D eigenvalue weighted by Gasteiger charge is 2.25. The van der Waals surface area contributed by atoms with Gasteiger partial charge in [0, 0.05) is 74.1 Å². The second-order valence-electron chi connectivity index (χ2n) is 9.43. The number of fused-ring (bicyclic) bond motifs is 1. The minimum Gasteiger partial charge on any atom is -0.348 e. The lowest BCUT2D eigenvalue weighted by atomic mass is 9.93. The van der Waals surface area contributed by atoms with E-state index in [0.29, 0.717) is 46.6 Å². The Balaban J connectivity index is 1.56. The molecule has 0 spiro atoms. The first-order valence-corrected chi connectivity index (χ1v) is 12.6. The average molecular weight is 538 g/mol. The lowest BCUT2D eigenvalue weighted by molar-refractivity contribution is -0.131. The summed E-state index contributed by atoms with van der Waals surface area (Å²) in [5.74, 6) is -1.43. The van der Waals surface area contributed by atoms with Gasteiger partial charge in [-0.3, -0.25) is 14.3 Å². The third-order valence-corrected chi connectivity index (χ3v) is 7.00. The van der Waals surface area contributed by atoms with Crippen molar-refractivity contribution in [1.29, 1.82) is 0 Å². The third kappa shape index (κ3) is 4.93. The summed E-state index contributed by atoms with van der Waals surface area (Å²) in [5.41, 5.74) is 2.08. The number of nitrogens with one attached hydrogen (secondary N) is 1. The maximum atomic E-state index is 16.1. The van der Waals surface area contributed by atoms with Crippen molar-refractivity contribution in [3.8, 4) is 11.1 Å². The molecule has 0 fully saturated rings. The van der Waals surface area contributed by atoms with Crippen LogP contribution in [0.3, 0.4) is 0 Å².